The lowest BCUT2D eigenvalue weighted by atomic mass is 9.43. The molecule has 2 bridgehead atoms. The summed E-state index contributed by atoms with van der Waals surface area (Å²) in [5.41, 5.74) is -1.68. The van der Waals surface area contributed by atoms with Gasteiger partial charge in [-0.2, -0.15) is 0 Å². The van der Waals surface area contributed by atoms with Gasteiger partial charge in [0.1, 0.15) is 5.41 Å². The quantitative estimate of drug-likeness (QED) is 0.810. The van der Waals surface area contributed by atoms with E-state index in [1.807, 2.05) is 0 Å². The number of alkyl halides is 2. The standard InChI is InChI=1S/C13H18F2O2/c1-11(2)7-3-4-8(9(11)5-7)12(10(16)17)6-13(12,14)15/h7-9H,3-6H2,1-2H3,(H,16,17). The SMILES string of the molecule is CC1(C)C2CCC(C3(C(=O)O)CC3(F)F)C1C2. The Balaban J connectivity index is 1.93. The van der Waals surface area contributed by atoms with E-state index in [-0.39, 0.29) is 17.3 Å². The molecule has 4 aliphatic rings. The fraction of sp³-hybridized carbons (Fsp3) is 0.923. The van der Waals surface area contributed by atoms with Crippen LogP contribution in [-0.2, 0) is 4.79 Å². The van der Waals surface area contributed by atoms with E-state index in [0.29, 0.717) is 12.3 Å². The fourth-order valence-electron chi connectivity index (χ4n) is 4.50. The minimum absolute atomic E-state index is 0.0596. The lowest BCUT2D eigenvalue weighted by Crippen LogP contribution is -2.56. The van der Waals surface area contributed by atoms with E-state index in [9.17, 15) is 18.7 Å². The molecule has 2 nitrogen and oxygen atoms in total. The number of carboxylic acid groups (broad SMARTS) is 1. The van der Waals surface area contributed by atoms with Crippen LogP contribution in [-0.4, -0.2) is 17.0 Å². The molecule has 0 aromatic rings. The van der Waals surface area contributed by atoms with Crippen molar-refractivity contribution in [3.63, 3.8) is 0 Å². The maximum absolute atomic E-state index is 13.5. The average molecular weight is 244 g/mol. The van der Waals surface area contributed by atoms with Crippen LogP contribution in [0, 0.1) is 28.6 Å². The van der Waals surface area contributed by atoms with Crippen LogP contribution in [0.1, 0.15) is 39.5 Å². The van der Waals surface area contributed by atoms with Crippen molar-refractivity contribution < 1.29 is 18.7 Å². The van der Waals surface area contributed by atoms with Crippen molar-refractivity contribution in [1.29, 1.82) is 0 Å². The maximum Gasteiger partial charge on any atom is 0.316 e. The summed E-state index contributed by atoms with van der Waals surface area (Å²) in [4.78, 5) is 11.3. The molecule has 0 radical (unpaired) electrons. The van der Waals surface area contributed by atoms with E-state index >= 15 is 0 Å². The van der Waals surface area contributed by atoms with E-state index in [1.165, 1.54) is 0 Å². The van der Waals surface area contributed by atoms with Gasteiger partial charge < -0.3 is 5.11 Å². The van der Waals surface area contributed by atoms with Crippen LogP contribution in [0.3, 0.4) is 0 Å². The number of halogens is 2. The molecule has 4 unspecified atom stereocenters. The van der Waals surface area contributed by atoms with Crippen LogP contribution in [0.25, 0.3) is 0 Å². The van der Waals surface area contributed by atoms with Crippen molar-refractivity contribution in [2.75, 3.05) is 0 Å². The summed E-state index contributed by atoms with van der Waals surface area (Å²) in [6.07, 6.45) is 2.08. The molecule has 0 aromatic carbocycles. The van der Waals surface area contributed by atoms with Gasteiger partial charge in [-0.3, -0.25) is 4.79 Å². The molecule has 4 heteroatoms. The van der Waals surface area contributed by atoms with Crippen molar-refractivity contribution in [2.45, 2.75) is 45.5 Å². The average Bonchev–Trinajstić information content (AvgIpc) is 2.83. The van der Waals surface area contributed by atoms with Crippen molar-refractivity contribution in [3.05, 3.63) is 0 Å². The number of fused-ring (bicyclic) bond motifs is 2. The molecule has 0 spiro atoms. The van der Waals surface area contributed by atoms with Gasteiger partial charge in [0, 0.05) is 6.42 Å². The van der Waals surface area contributed by atoms with E-state index in [0.717, 1.165) is 12.8 Å². The largest absolute Gasteiger partial charge is 0.481 e. The predicted molar refractivity (Wildman–Crippen MR) is 57.7 cm³/mol. The molecule has 0 heterocycles. The summed E-state index contributed by atoms with van der Waals surface area (Å²) >= 11 is 0. The third-order valence-corrected chi connectivity index (χ3v) is 5.90. The lowest BCUT2D eigenvalue weighted by molar-refractivity contribution is -0.172. The second-order valence-electron chi connectivity index (χ2n) is 6.70. The Kier molecular flexibility index (Phi) is 1.90. The molecule has 1 N–H and O–H groups in total. The molecule has 4 fully saturated rings. The summed E-state index contributed by atoms with van der Waals surface area (Å²) in [5.74, 6) is -3.81. The van der Waals surface area contributed by atoms with Crippen molar-refractivity contribution in [3.8, 4) is 0 Å². The first-order chi connectivity index (χ1) is 7.73. The van der Waals surface area contributed by atoms with E-state index in [4.69, 9.17) is 0 Å². The van der Waals surface area contributed by atoms with Gasteiger partial charge in [-0.1, -0.05) is 13.8 Å². The Hall–Kier alpha value is -0.670. The number of aliphatic carboxylic acids is 1. The van der Waals surface area contributed by atoms with Gasteiger partial charge in [0.2, 0.25) is 0 Å². The zero-order valence-electron chi connectivity index (χ0n) is 10.2. The van der Waals surface area contributed by atoms with Crippen molar-refractivity contribution in [2.24, 2.45) is 28.6 Å². The predicted octanol–water partition coefficient (Wildman–Crippen LogP) is 3.17. The molecule has 0 aliphatic heterocycles. The molecule has 4 rings (SSSR count). The van der Waals surface area contributed by atoms with Gasteiger partial charge in [0.15, 0.2) is 0 Å². The molecule has 0 aromatic heterocycles. The summed E-state index contributed by atoms with van der Waals surface area (Å²) in [6, 6.07) is 0. The second kappa shape index (κ2) is 2.83. The number of hydrogen-bond acceptors (Lipinski definition) is 1. The molecular formula is C13H18F2O2. The molecule has 0 amide bonds. The van der Waals surface area contributed by atoms with Crippen molar-refractivity contribution >= 4 is 5.97 Å². The van der Waals surface area contributed by atoms with Gasteiger partial charge in [0.25, 0.3) is 5.92 Å². The molecule has 4 saturated carbocycles. The first-order valence-electron chi connectivity index (χ1n) is 6.35. The van der Waals surface area contributed by atoms with E-state index < -0.39 is 23.7 Å². The van der Waals surface area contributed by atoms with Gasteiger partial charge in [-0.25, -0.2) is 8.78 Å². The second-order valence-corrected chi connectivity index (χ2v) is 6.70. The monoisotopic (exact) mass is 244 g/mol. The number of hydrogen-bond donors (Lipinski definition) is 1. The van der Waals surface area contributed by atoms with Crippen LogP contribution >= 0.6 is 0 Å². The first-order valence-corrected chi connectivity index (χ1v) is 6.35. The number of carboxylic acids is 1. The maximum atomic E-state index is 13.5. The smallest absolute Gasteiger partial charge is 0.316 e. The number of rotatable bonds is 2. The third-order valence-electron chi connectivity index (χ3n) is 5.90. The highest BCUT2D eigenvalue weighted by atomic mass is 19.3. The molecule has 4 atom stereocenters. The number of carbonyl (C=O) groups is 1. The molecule has 4 aliphatic carbocycles. The van der Waals surface area contributed by atoms with Gasteiger partial charge in [-0.05, 0) is 42.4 Å². The minimum atomic E-state index is -2.98. The summed E-state index contributed by atoms with van der Waals surface area (Å²) in [7, 11) is 0. The summed E-state index contributed by atoms with van der Waals surface area (Å²) in [6.45, 7) is 4.21. The normalized spacial score (nSPS) is 49.3. The minimum Gasteiger partial charge on any atom is -0.481 e. The van der Waals surface area contributed by atoms with E-state index in [2.05, 4.69) is 13.8 Å². The van der Waals surface area contributed by atoms with Gasteiger partial charge in [0.05, 0.1) is 0 Å². The Morgan fingerprint density at radius 3 is 2.18 bits per heavy atom. The zero-order chi connectivity index (χ0) is 12.6. The summed E-state index contributed by atoms with van der Waals surface area (Å²) < 4.78 is 27.1. The molecule has 96 valence electrons. The summed E-state index contributed by atoms with van der Waals surface area (Å²) in [5, 5.41) is 9.22. The van der Waals surface area contributed by atoms with Crippen LogP contribution < -0.4 is 0 Å². The van der Waals surface area contributed by atoms with Crippen LogP contribution in [0.4, 0.5) is 8.78 Å². The highest BCUT2D eigenvalue weighted by molar-refractivity contribution is 5.81. The van der Waals surface area contributed by atoms with E-state index in [1.54, 1.807) is 0 Å². The van der Waals surface area contributed by atoms with Crippen LogP contribution in [0.5, 0.6) is 0 Å². The van der Waals surface area contributed by atoms with Crippen molar-refractivity contribution in [1.82, 2.24) is 0 Å². The highest BCUT2D eigenvalue weighted by Crippen LogP contribution is 2.74. The molecule has 17 heavy (non-hydrogen) atoms. The first kappa shape index (κ1) is 11.4. The lowest BCUT2D eigenvalue weighted by Gasteiger charge is -2.61. The third kappa shape index (κ3) is 1.12. The Morgan fingerprint density at radius 2 is 1.82 bits per heavy atom. The topological polar surface area (TPSA) is 37.3 Å². The molecule has 0 saturated heterocycles. The highest BCUT2D eigenvalue weighted by Gasteiger charge is 2.81. The Morgan fingerprint density at radius 1 is 1.24 bits per heavy atom. The Labute approximate surface area is 99.4 Å². The zero-order valence-corrected chi connectivity index (χ0v) is 10.2. The fourth-order valence-corrected chi connectivity index (χ4v) is 4.50. The van der Waals surface area contributed by atoms with Crippen LogP contribution in [0.15, 0.2) is 0 Å². The Bertz CT molecular complexity index is 389. The van der Waals surface area contributed by atoms with Gasteiger partial charge >= 0.3 is 5.97 Å². The van der Waals surface area contributed by atoms with Gasteiger partial charge in [-0.15, -0.1) is 0 Å². The molecular weight excluding hydrogens is 226 g/mol. The van der Waals surface area contributed by atoms with Crippen LogP contribution in [0.2, 0.25) is 0 Å².